The first-order valence-corrected chi connectivity index (χ1v) is 11.4. The molecule has 1 aromatic carbocycles. The van der Waals surface area contributed by atoms with E-state index in [1.165, 1.54) is 11.0 Å². The minimum absolute atomic E-state index is 0.0782. The van der Waals surface area contributed by atoms with Gasteiger partial charge in [0.2, 0.25) is 0 Å². The van der Waals surface area contributed by atoms with Crippen molar-refractivity contribution in [3.8, 4) is 0 Å². The Morgan fingerprint density at radius 2 is 1.73 bits per heavy atom. The molecule has 170 valence electrons. The van der Waals surface area contributed by atoms with Crippen LogP contribution >= 0.6 is 11.6 Å². The van der Waals surface area contributed by atoms with Gasteiger partial charge < -0.3 is 4.55 Å². The van der Waals surface area contributed by atoms with E-state index in [2.05, 4.69) is 4.72 Å². The van der Waals surface area contributed by atoms with Crippen molar-refractivity contribution in [3.63, 3.8) is 0 Å². The number of nitrogens with zero attached hydrogens (tertiary/aromatic N) is 1. The highest BCUT2D eigenvalue weighted by Gasteiger charge is 2.66. The van der Waals surface area contributed by atoms with E-state index in [0.717, 1.165) is 6.07 Å². The lowest BCUT2D eigenvalue weighted by molar-refractivity contribution is -0.200. The third-order valence-corrected chi connectivity index (χ3v) is 7.98. The molecule has 2 atom stereocenters. The van der Waals surface area contributed by atoms with Crippen LogP contribution in [0.5, 0.6) is 0 Å². The van der Waals surface area contributed by atoms with Crippen LogP contribution in [-0.4, -0.2) is 39.0 Å². The molecule has 1 saturated carbocycles. The molecular formula is C20H26ClF5N2OS. The number of halogens is 6. The first kappa shape index (κ1) is 24.0. The molecule has 1 heterocycles. The Balaban J connectivity index is 1.83. The Kier molecular flexibility index (Phi) is 6.72. The monoisotopic (exact) mass is 472 g/mol. The molecule has 3 rings (SSSR count). The largest absolute Gasteiger partial charge is 0.598 e. The van der Waals surface area contributed by atoms with E-state index in [1.54, 1.807) is 20.8 Å². The Bertz CT molecular complexity index is 774. The van der Waals surface area contributed by atoms with Crippen LogP contribution in [0.25, 0.3) is 0 Å². The van der Waals surface area contributed by atoms with Crippen LogP contribution in [0.15, 0.2) is 12.1 Å². The zero-order valence-electron chi connectivity index (χ0n) is 17.1. The van der Waals surface area contributed by atoms with Gasteiger partial charge in [-0.2, -0.15) is 13.2 Å². The molecule has 3 nitrogen and oxygen atoms in total. The van der Waals surface area contributed by atoms with Crippen LogP contribution in [0.4, 0.5) is 22.0 Å². The predicted octanol–water partition coefficient (Wildman–Crippen LogP) is 5.52. The molecule has 1 aliphatic heterocycles. The number of benzene rings is 1. The fourth-order valence-corrected chi connectivity index (χ4v) is 5.12. The van der Waals surface area contributed by atoms with Gasteiger partial charge >= 0.3 is 6.18 Å². The molecular weight excluding hydrogens is 447 g/mol. The summed E-state index contributed by atoms with van der Waals surface area (Å²) in [6.07, 6.45) is -3.35. The summed E-state index contributed by atoms with van der Waals surface area (Å²) in [5, 5.41) is -0.646. The number of piperidine rings is 1. The van der Waals surface area contributed by atoms with E-state index in [1.807, 2.05) is 0 Å². The van der Waals surface area contributed by atoms with E-state index in [9.17, 15) is 26.5 Å². The van der Waals surface area contributed by atoms with Gasteiger partial charge in [-0.1, -0.05) is 17.7 Å². The summed E-state index contributed by atoms with van der Waals surface area (Å²) in [5.74, 6) is -2.10. The number of rotatable bonds is 5. The number of likely N-dealkylation sites (tertiary alicyclic amines) is 1. The normalized spacial score (nSPS) is 22.7. The summed E-state index contributed by atoms with van der Waals surface area (Å²) in [6.45, 7) is 5.68. The van der Waals surface area contributed by atoms with E-state index >= 15 is 0 Å². The van der Waals surface area contributed by atoms with E-state index in [-0.39, 0.29) is 37.4 Å². The maximum absolute atomic E-state index is 14.8. The topological polar surface area (TPSA) is 38.3 Å². The van der Waals surface area contributed by atoms with Crippen molar-refractivity contribution >= 4 is 23.0 Å². The third-order valence-electron chi connectivity index (χ3n) is 6.06. The minimum atomic E-state index is -4.28. The zero-order valence-corrected chi connectivity index (χ0v) is 18.7. The lowest BCUT2D eigenvalue weighted by Crippen LogP contribution is -2.53. The second kappa shape index (κ2) is 8.39. The van der Waals surface area contributed by atoms with Gasteiger partial charge in [0, 0.05) is 16.9 Å². The van der Waals surface area contributed by atoms with Gasteiger partial charge in [-0.15, -0.1) is 4.72 Å². The SMILES string of the molecule is CC(C)(C)[S+]([O-])N[C@@H](c1ccc(F)c(Cl)c1F)C1CCN(C2(C(F)(F)F)CC2)CC1. The first-order valence-electron chi connectivity index (χ1n) is 9.91. The summed E-state index contributed by atoms with van der Waals surface area (Å²) in [6, 6.07) is 1.55. The average molecular weight is 473 g/mol. The zero-order chi connectivity index (χ0) is 22.5. The highest BCUT2D eigenvalue weighted by Crippen LogP contribution is 2.54. The quantitative estimate of drug-likeness (QED) is 0.348. The Morgan fingerprint density at radius 3 is 2.20 bits per heavy atom. The van der Waals surface area contributed by atoms with Crippen LogP contribution in [0.3, 0.4) is 0 Å². The molecule has 1 aliphatic carbocycles. The van der Waals surface area contributed by atoms with Gasteiger partial charge in [-0.05, 0) is 71.5 Å². The molecule has 2 fully saturated rings. The Morgan fingerprint density at radius 1 is 1.17 bits per heavy atom. The average Bonchev–Trinajstić information content (AvgIpc) is 3.46. The second-order valence-corrected chi connectivity index (χ2v) is 11.5. The van der Waals surface area contributed by atoms with Crippen LogP contribution < -0.4 is 4.72 Å². The third kappa shape index (κ3) is 4.60. The first-order chi connectivity index (χ1) is 13.8. The standard InChI is InChI=1S/C20H26ClF5N2OS/c1-18(2,3)30(29)27-17(13-4-5-14(22)15(21)16(13)23)12-6-10-28(11-7-12)19(8-9-19)20(24,25)26/h4-5,12,17,27H,6-11H2,1-3H3/t17-,30?/m1/s1. The molecule has 1 N–H and O–H groups in total. The molecule has 30 heavy (non-hydrogen) atoms. The van der Waals surface area contributed by atoms with E-state index < -0.39 is 50.5 Å². The maximum atomic E-state index is 14.8. The number of nitrogens with one attached hydrogen (secondary N) is 1. The van der Waals surface area contributed by atoms with Crippen LogP contribution in [-0.2, 0) is 11.4 Å². The molecule has 0 spiro atoms. The molecule has 0 radical (unpaired) electrons. The second-order valence-electron chi connectivity index (χ2n) is 9.10. The van der Waals surface area contributed by atoms with Gasteiger partial charge in [0.1, 0.15) is 26.9 Å². The molecule has 1 unspecified atom stereocenters. The van der Waals surface area contributed by atoms with Crippen molar-refractivity contribution in [2.45, 2.75) is 69.0 Å². The van der Waals surface area contributed by atoms with Crippen molar-refractivity contribution < 1.29 is 26.5 Å². The summed E-state index contributed by atoms with van der Waals surface area (Å²) >= 11 is 4.18. The molecule has 0 amide bonds. The fraction of sp³-hybridized carbons (Fsp3) is 0.700. The molecule has 0 bridgehead atoms. The lowest BCUT2D eigenvalue weighted by atomic mass is 9.85. The molecule has 1 saturated heterocycles. The highest BCUT2D eigenvalue weighted by atomic mass is 35.5. The molecule has 1 aromatic rings. The van der Waals surface area contributed by atoms with Gasteiger partial charge in [0.15, 0.2) is 0 Å². The summed E-state index contributed by atoms with van der Waals surface area (Å²) in [4.78, 5) is 1.47. The van der Waals surface area contributed by atoms with Crippen molar-refractivity contribution in [1.29, 1.82) is 0 Å². The highest BCUT2D eigenvalue weighted by molar-refractivity contribution is 7.90. The van der Waals surface area contributed by atoms with E-state index in [0.29, 0.717) is 12.8 Å². The minimum Gasteiger partial charge on any atom is -0.598 e. The van der Waals surface area contributed by atoms with Crippen LogP contribution in [0, 0.1) is 17.6 Å². The summed E-state index contributed by atoms with van der Waals surface area (Å²) in [7, 11) is 0. The summed E-state index contributed by atoms with van der Waals surface area (Å²) < 4.78 is 83.8. The van der Waals surface area contributed by atoms with Crippen molar-refractivity contribution in [2.75, 3.05) is 13.1 Å². The van der Waals surface area contributed by atoms with Gasteiger partial charge in [-0.25, -0.2) is 8.78 Å². The van der Waals surface area contributed by atoms with Crippen molar-refractivity contribution in [3.05, 3.63) is 34.4 Å². The molecule has 2 aliphatic rings. The van der Waals surface area contributed by atoms with Crippen LogP contribution in [0.1, 0.15) is 58.1 Å². The van der Waals surface area contributed by atoms with Crippen molar-refractivity contribution in [1.82, 2.24) is 9.62 Å². The maximum Gasteiger partial charge on any atom is 0.406 e. The molecule has 0 aromatic heterocycles. The number of hydrogen-bond acceptors (Lipinski definition) is 3. The summed E-state index contributed by atoms with van der Waals surface area (Å²) in [5.41, 5.74) is -1.66. The smallest absolute Gasteiger partial charge is 0.406 e. The Hall–Kier alpha value is -0.610. The van der Waals surface area contributed by atoms with Gasteiger partial charge in [0.05, 0.1) is 6.04 Å². The van der Waals surface area contributed by atoms with Gasteiger partial charge in [0.25, 0.3) is 0 Å². The van der Waals surface area contributed by atoms with Gasteiger partial charge in [-0.3, -0.25) is 4.90 Å². The fourth-order valence-electron chi connectivity index (χ4n) is 4.04. The Labute approximate surface area is 181 Å². The lowest BCUT2D eigenvalue weighted by Gasteiger charge is -2.41. The number of alkyl halides is 3. The predicted molar refractivity (Wildman–Crippen MR) is 107 cm³/mol. The number of hydrogen-bond donors (Lipinski definition) is 1. The van der Waals surface area contributed by atoms with E-state index in [4.69, 9.17) is 11.6 Å². The van der Waals surface area contributed by atoms with Crippen LogP contribution in [0.2, 0.25) is 5.02 Å². The van der Waals surface area contributed by atoms with Crippen molar-refractivity contribution in [2.24, 2.45) is 5.92 Å². The molecule has 10 heteroatoms.